The topological polar surface area (TPSA) is 79.4 Å². The zero-order chi connectivity index (χ0) is 18.7. The van der Waals surface area contributed by atoms with Crippen LogP contribution in [0.3, 0.4) is 0 Å². The molecule has 8 heteroatoms. The van der Waals surface area contributed by atoms with E-state index in [1.165, 1.54) is 13.2 Å². The van der Waals surface area contributed by atoms with E-state index in [0.717, 1.165) is 4.47 Å². The van der Waals surface area contributed by atoms with Crippen LogP contribution < -0.4 is 10.1 Å². The van der Waals surface area contributed by atoms with Crippen molar-refractivity contribution in [2.75, 3.05) is 12.4 Å². The summed E-state index contributed by atoms with van der Waals surface area (Å²) in [6, 6.07) is 10.4. The number of nitrogens with zero attached hydrogens (tertiary/aromatic N) is 3. The van der Waals surface area contributed by atoms with Crippen molar-refractivity contribution in [3.63, 3.8) is 0 Å². The van der Waals surface area contributed by atoms with Crippen LogP contribution in [0, 0.1) is 11.3 Å². The number of hydrogen-bond acceptors (Lipinski definition) is 4. The van der Waals surface area contributed by atoms with Crippen LogP contribution in [0.2, 0.25) is 5.02 Å². The van der Waals surface area contributed by atoms with E-state index in [4.69, 9.17) is 16.3 Å². The molecular formula is C18H12BrClN4O2. The van der Waals surface area contributed by atoms with E-state index in [2.05, 4.69) is 26.2 Å². The molecule has 0 saturated carbocycles. The van der Waals surface area contributed by atoms with Gasteiger partial charge in [0.25, 0.3) is 5.91 Å². The van der Waals surface area contributed by atoms with E-state index < -0.39 is 5.91 Å². The van der Waals surface area contributed by atoms with Gasteiger partial charge in [-0.3, -0.25) is 9.20 Å². The Morgan fingerprint density at radius 2 is 2.23 bits per heavy atom. The second-order valence-electron chi connectivity index (χ2n) is 5.23. The number of anilines is 1. The van der Waals surface area contributed by atoms with E-state index >= 15 is 0 Å². The Labute approximate surface area is 162 Å². The van der Waals surface area contributed by atoms with E-state index in [-0.39, 0.29) is 5.57 Å². The summed E-state index contributed by atoms with van der Waals surface area (Å²) in [4.78, 5) is 16.7. The van der Waals surface area contributed by atoms with Gasteiger partial charge in [-0.05, 0) is 52.3 Å². The van der Waals surface area contributed by atoms with Crippen molar-refractivity contribution in [2.45, 2.75) is 0 Å². The predicted octanol–water partition coefficient (Wildman–Crippen LogP) is 4.30. The van der Waals surface area contributed by atoms with Crippen LogP contribution in [0.5, 0.6) is 5.75 Å². The monoisotopic (exact) mass is 430 g/mol. The highest BCUT2D eigenvalue weighted by Crippen LogP contribution is 2.27. The molecule has 1 aromatic carbocycles. The summed E-state index contributed by atoms with van der Waals surface area (Å²) in [5, 5.41) is 12.4. The lowest BCUT2D eigenvalue weighted by atomic mass is 10.2. The zero-order valence-corrected chi connectivity index (χ0v) is 15.9. The lowest BCUT2D eigenvalue weighted by Crippen LogP contribution is -2.13. The Balaban J connectivity index is 1.89. The van der Waals surface area contributed by atoms with Gasteiger partial charge in [-0.15, -0.1) is 0 Å². The molecule has 0 saturated heterocycles. The number of aromatic nitrogens is 2. The summed E-state index contributed by atoms with van der Waals surface area (Å²) in [5.74, 6) is -0.0456. The van der Waals surface area contributed by atoms with Crippen LogP contribution >= 0.6 is 27.5 Å². The molecule has 2 aromatic heterocycles. The number of nitrogens with one attached hydrogen (secondary N) is 1. The van der Waals surface area contributed by atoms with E-state index in [1.807, 2.05) is 24.4 Å². The van der Waals surface area contributed by atoms with E-state index in [9.17, 15) is 10.1 Å². The Morgan fingerprint density at radius 1 is 1.42 bits per heavy atom. The summed E-state index contributed by atoms with van der Waals surface area (Å²) in [6.45, 7) is 0. The van der Waals surface area contributed by atoms with Gasteiger partial charge < -0.3 is 10.1 Å². The number of imidazole rings is 1. The molecule has 1 N–H and O–H groups in total. The van der Waals surface area contributed by atoms with Crippen molar-refractivity contribution in [3.8, 4) is 11.8 Å². The molecule has 0 fully saturated rings. The number of nitriles is 1. The SMILES string of the molecule is COc1ccc(NC(=O)/C(C#N)=C\c2cnc3ccc(Br)cn23)cc1Cl. The first-order valence-electron chi connectivity index (χ1n) is 7.41. The van der Waals surface area contributed by atoms with Crippen molar-refractivity contribution in [2.24, 2.45) is 0 Å². The largest absolute Gasteiger partial charge is 0.495 e. The van der Waals surface area contributed by atoms with Crippen LogP contribution in [0.4, 0.5) is 5.69 Å². The lowest BCUT2D eigenvalue weighted by Gasteiger charge is -2.07. The fourth-order valence-electron chi connectivity index (χ4n) is 2.32. The quantitative estimate of drug-likeness (QED) is 0.493. The molecule has 0 unspecified atom stereocenters. The summed E-state index contributed by atoms with van der Waals surface area (Å²) in [5.41, 5.74) is 1.72. The first-order valence-corrected chi connectivity index (χ1v) is 8.58. The van der Waals surface area contributed by atoms with Gasteiger partial charge in [-0.1, -0.05) is 11.6 Å². The molecule has 130 valence electrons. The number of fused-ring (bicyclic) bond motifs is 1. The lowest BCUT2D eigenvalue weighted by molar-refractivity contribution is -0.112. The van der Waals surface area contributed by atoms with E-state index in [1.54, 1.807) is 28.8 Å². The van der Waals surface area contributed by atoms with Gasteiger partial charge in [0, 0.05) is 16.4 Å². The number of hydrogen-bond donors (Lipinski definition) is 1. The Bertz CT molecular complexity index is 1070. The number of amides is 1. The van der Waals surface area contributed by atoms with Crippen LogP contribution in [-0.2, 0) is 4.79 Å². The second kappa shape index (κ2) is 7.60. The molecule has 26 heavy (non-hydrogen) atoms. The fourth-order valence-corrected chi connectivity index (χ4v) is 2.91. The zero-order valence-electron chi connectivity index (χ0n) is 13.5. The van der Waals surface area contributed by atoms with Crippen molar-refractivity contribution in [1.29, 1.82) is 5.26 Å². The first-order chi connectivity index (χ1) is 12.5. The van der Waals surface area contributed by atoms with Crippen molar-refractivity contribution in [1.82, 2.24) is 9.38 Å². The first kappa shape index (κ1) is 18.0. The Morgan fingerprint density at radius 3 is 2.92 bits per heavy atom. The maximum absolute atomic E-state index is 12.4. The number of pyridine rings is 1. The highest BCUT2D eigenvalue weighted by atomic mass is 79.9. The summed E-state index contributed by atoms with van der Waals surface area (Å²) in [6.07, 6.45) is 4.88. The molecule has 3 rings (SSSR count). The third kappa shape index (κ3) is 3.72. The fraction of sp³-hybridized carbons (Fsp3) is 0.0556. The molecule has 3 aromatic rings. The summed E-state index contributed by atoms with van der Waals surface area (Å²) < 4.78 is 7.70. The number of carbonyl (C=O) groups excluding carboxylic acids is 1. The van der Waals surface area contributed by atoms with Crippen molar-refractivity contribution < 1.29 is 9.53 Å². The van der Waals surface area contributed by atoms with Crippen LogP contribution in [0.15, 0.2) is 52.8 Å². The number of carbonyl (C=O) groups is 1. The number of halogens is 2. The molecule has 1 amide bonds. The minimum absolute atomic E-state index is 0.0567. The Hall–Kier alpha value is -2.82. The van der Waals surface area contributed by atoms with Gasteiger partial charge in [0.2, 0.25) is 0 Å². The smallest absolute Gasteiger partial charge is 0.266 e. The number of methoxy groups -OCH3 is 1. The molecular weight excluding hydrogens is 420 g/mol. The van der Waals surface area contributed by atoms with Crippen LogP contribution in [0.25, 0.3) is 11.7 Å². The number of ether oxygens (including phenoxy) is 1. The van der Waals surface area contributed by atoms with Gasteiger partial charge in [0.1, 0.15) is 23.0 Å². The average Bonchev–Trinajstić information content (AvgIpc) is 3.01. The van der Waals surface area contributed by atoms with E-state index in [0.29, 0.717) is 27.8 Å². The summed E-state index contributed by atoms with van der Waals surface area (Å²) >= 11 is 9.44. The molecule has 0 radical (unpaired) electrons. The third-order valence-corrected chi connectivity index (χ3v) is 4.33. The van der Waals surface area contributed by atoms with Gasteiger partial charge in [-0.25, -0.2) is 4.98 Å². The highest BCUT2D eigenvalue weighted by Gasteiger charge is 2.12. The van der Waals surface area contributed by atoms with Crippen LogP contribution in [-0.4, -0.2) is 22.4 Å². The van der Waals surface area contributed by atoms with Gasteiger partial charge in [-0.2, -0.15) is 5.26 Å². The normalized spacial score (nSPS) is 11.2. The Kier molecular flexibility index (Phi) is 5.26. The molecule has 0 aliphatic carbocycles. The highest BCUT2D eigenvalue weighted by molar-refractivity contribution is 9.10. The molecule has 0 spiro atoms. The maximum atomic E-state index is 12.4. The minimum Gasteiger partial charge on any atom is -0.495 e. The standard InChI is InChI=1S/C18H12BrClN4O2/c1-26-16-4-3-13(7-15(16)20)23-18(25)11(8-21)6-14-9-22-17-5-2-12(19)10-24(14)17/h2-7,9-10H,1H3,(H,23,25)/b11-6-. The molecule has 2 heterocycles. The minimum atomic E-state index is -0.543. The van der Waals surface area contributed by atoms with Crippen molar-refractivity contribution >= 4 is 50.8 Å². The average molecular weight is 432 g/mol. The predicted molar refractivity (Wildman–Crippen MR) is 103 cm³/mol. The molecule has 0 aliphatic heterocycles. The van der Waals surface area contributed by atoms with Crippen LogP contribution in [0.1, 0.15) is 5.69 Å². The number of rotatable bonds is 4. The van der Waals surface area contributed by atoms with Crippen molar-refractivity contribution in [3.05, 3.63) is 63.5 Å². The molecule has 0 atom stereocenters. The number of benzene rings is 1. The summed E-state index contributed by atoms with van der Waals surface area (Å²) in [7, 11) is 1.50. The van der Waals surface area contributed by atoms with Gasteiger partial charge in [0.15, 0.2) is 0 Å². The molecule has 0 bridgehead atoms. The second-order valence-corrected chi connectivity index (χ2v) is 6.55. The van der Waals surface area contributed by atoms with Gasteiger partial charge >= 0.3 is 0 Å². The third-order valence-electron chi connectivity index (χ3n) is 3.57. The molecule has 6 nitrogen and oxygen atoms in total. The van der Waals surface area contributed by atoms with Gasteiger partial charge in [0.05, 0.1) is 24.0 Å². The maximum Gasteiger partial charge on any atom is 0.266 e. The molecule has 0 aliphatic rings.